The van der Waals surface area contributed by atoms with Gasteiger partial charge in [-0.1, -0.05) is 0 Å². The van der Waals surface area contributed by atoms with Crippen LogP contribution in [-0.2, 0) is 9.59 Å². The van der Waals surface area contributed by atoms with Crippen LogP contribution in [0.15, 0.2) is 53.7 Å². The van der Waals surface area contributed by atoms with Crippen LogP contribution >= 0.6 is 0 Å². The van der Waals surface area contributed by atoms with Crippen molar-refractivity contribution in [3.05, 3.63) is 59.3 Å². The van der Waals surface area contributed by atoms with E-state index in [1.54, 1.807) is 26.2 Å². The quantitative estimate of drug-likeness (QED) is 0.742. The van der Waals surface area contributed by atoms with Crippen LogP contribution in [0.25, 0.3) is 0 Å². The van der Waals surface area contributed by atoms with E-state index in [2.05, 4.69) is 0 Å². The molecule has 0 spiro atoms. The summed E-state index contributed by atoms with van der Waals surface area (Å²) < 4.78 is 16.2. The summed E-state index contributed by atoms with van der Waals surface area (Å²) in [4.78, 5) is 28.1. The lowest BCUT2D eigenvalue weighted by atomic mass is 9.76. The summed E-state index contributed by atoms with van der Waals surface area (Å²) in [6.07, 6.45) is 2.10. The van der Waals surface area contributed by atoms with Gasteiger partial charge in [0.2, 0.25) is 5.91 Å². The van der Waals surface area contributed by atoms with E-state index in [9.17, 15) is 9.59 Å². The summed E-state index contributed by atoms with van der Waals surface area (Å²) in [6.45, 7) is 0. The second-order valence-electron chi connectivity index (χ2n) is 7.43. The molecule has 0 bridgehead atoms. The molecule has 1 aliphatic carbocycles. The molecular weight excluding hydrogens is 382 g/mol. The SMILES string of the molecule is COc1ccc(N2C(=O)CC(c3cc(OC)ccc3OC)C3=C2CCCC3=O)cc1. The van der Waals surface area contributed by atoms with Crippen molar-refractivity contribution in [1.82, 2.24) is 0 Å². The molecule has 1 unspecified atom stereocenters. The number of methoxy groups -OCH3 is 3. The van der Waals surface area contributed by atoms with E-state index in [4.69, 9.17) is 14.2 Å². The van der Waals surface area contributed by atoms with E-state index < -0.39 is 0 Å². The molecule has 0 N–H and O–H groups in total. The average molecular weight is 407 g/mol. The number of carbonyl (C=O) groups excluding carboxylic acids is 2. The van der Waals surface area contributed by atoms with Crippen LogP contribution in [0.5, 0.6) is 17.2 Å². The first kappa shape index (κ1) is 20.0. The second-order valence-corrected chi connectivity index (χ2v) is 7.43. The molecule has 1 atom stereocenters. The van der Waals surface area contributed by atoms with Crippen molar-refractivity contribution in [3.8, 4) is 17.2 Å². The normalized spacial score (nSPS) is 18.9. The molecule has 2 aliphatic rings. The minimum absolute atomic E-state index is 0.0384. The highest BCUT2D eigenvalue weighted by Crippen LogP contribution is 2.46. The van der Waals surface area contributed by atoms with Gasteiger partial charge in [0.05, 0.1) is 21.3 Å². The number of Topliss-reactive ketones (excluding diaryl/α,β-unsaturated/α-hetero) is 1. The van der Waals surface area contributed by atoms with Crippen molar-refractivity contribution in [2.24, 2.45) is 0 Å². The third-order valence-corrected chi connectivity index (χ3v) is 5.82. The topological polar surface area (TPSA) is 65.1 Å². The van der Waals surface area contributed by atoms with Crippen molar-refractivity contribution in [2.45, 2.75) is 31.6 Å². The molecule has 0 fully saturated rings. The van der Waals surface area contributed by atoms with Gasteiger partial charge in [-0.05, 0) is 55.3 Å². The first-order chi connectivity index (χ1) is 14.6. The molecule has 1 amide bonds. The average Bonchev–Trinajstić information content (AvgIpc) is 2.78. The predicted octanol–water partition coefficient (Wildman–Crippen LogP) is 4.24. The Morgan fingerprint density at radius 1 is 0.867 bits per heavy atom. The van der Waals surface area contributed by atoms with Gasteiger partial charge in [-0.25, -0.2) is 0 Å². The summed E-state index contributed by atoms with van der Waals surface area (Å²) in [5.41, 5.74) is 3.06. The monoisotopic (exact) mass is 407 g/mol. The van der Waals surface area contributed by atoms with Gasteiger partial charge in [0.25, 0.3) is 0 Å². The molecule has 2 aromatic rings. The number of anilines is 1. The van der Waals surface area contributed by atoms with E-state index in [0.717, 1.165) is 29.1 Å². The number of carbonyl (C=O) groups is 2. The lowest BCUT2D eigenvalue weighted by Crippen LogP contribution is -2.40. The lowest BCUT2D eigenvalue weighted by molar-refractivity contribution is -0.119. The Kier molecular flexibility index (Phi) is 5.48. The fraction of sp³-hybridized carbons (Fsp3) is 0.333. The van der Waals surface area contributed by atoms with Crippen LogP contribution in [0.3, 0.4) is 0 Å². The number of rotatable bonds is 5. The second kappa shape index (κ2) is 8.22. The predicted molar refractivity (Wildman–Crippen MR) is 113 cm³/mol. The third kappa shape index (κ3) is 3.43. The van der Waals surface area contributed by atoms with E-state index in [-0.39, 0.29) is 24.0 Å². The Morgan fingerprint density at radius 3 is 2.23 bits per heavy atom. The first-order valence-corrected chi connectivity index (χ1v) is 10.0. The van der Waals surface area contributed by atoms with E-state index in [1.165, 1.54) is 0 Å². The number of allylic oxidation sites excluding steroid dienone is 2. The Morgan fingerprint density at radius 2 is 1.57 bits per heavy atom. The van der Waals surface area contributed by atoms with Crippen molar-refractivity contribution in [1.29, 1.82) is 0 Å². The number of amides is 1. The van der Waals surface area contributed by atoms with Crippen LogP contribution < -0.4 is 19.1 Å². The van der Waals surface area contributed by atoms with E-state index in [1.807, 2.05) is 42.5 Å². The molecule has 0 aromatic heterocycles. The zero-order valence-electron chi connectivity index (χ0n) is 17.4. The highest BCUT2D eigenvalue weighted by molar-refractivity contribution is 6.07. The van der Waals surface area contributed by atoms with Gasteiger partial charge in [0.15, 0.2) is 5.78 Å². The number of benzene rings is 2. The number of nitrogens with zero attached hydrogens (tertiary/aromatic N) is 1. The molecule has 2 aromatic carbocycles. The van der Waals surface area contributed by atoms with Crippen molar-refractivity contribution in [3.63, 3.8) is 0 Å². The first-order valence-electron chi connectivity index (χ1n) is 10.0. The number of ketones is 1. The standard InChI is InChI=1S/C24H25NO5/c1-28-16-9-7-15(8-10-16)25-20-5-4-6-21(26)24(20)19(14-23(25)27)18-13-17(29-2)11-12-22(18)30-3/h7-13,19H,4-6,14H2,1-3H3. The van der Waals surface area contributed by atoms with Gasteiger partial charge < -0.3 is 14.2 Å². The van der Waals surface area contributed by atoms with E-state index in [0.29, 0.717) is 29.9 Å². The van der Waals surface area contributed by atoms with Crippen LogP contribution in [0.2, 0.25) is 0 Å². The summed E-state index contributed by atoms with van der Waals surface area (Å²) in [7, 11) is 4.80. The minimum Gasteiger partial charge on any atom is -0.497 e. The largest absolute Gasteiger partial charge is 0.497 e. The summed E-state index contributed by atoms with van der Waals surface area (Å²) in [6, 6.07) is 12.9. The third-order valence-electron chi connectivity index (χ3n) is 5.82. The van der Waals surface area contributed by atoms with Gasteiger partial charge >= 0.3 is 0 Å². The fourth-order valence-electron chi connectivity index (χ4n) is 4.40. The van der Waals surface area contributed by atoms with Gasteiger partial charge in [0, 0.05) is 41.3 Å². The fourth-order valence-corrected chi connectivity index (χ4v) is 4.40. The smallest absolute Gasteiger partial charge is 0.232 e. The van der Waals surface area contributed by atoms with Crippen LogP contribution in [0.1, 0.15) is 37.2 Å². The molecule has 0 saturated heterocycles. The summed E-state index contributed by atoms with van der Waals surface area (Å²) >= 11 is 0. The Bertz CT molecular complexity index is 1010. The zero-order valence-corrected chi connectivity index (χ0v) is 17.4. The molecule has 156 valence electrons. The minimum atomic E-state index is -0.347. The zero-order chi connectivity index (χ0) is 21.3. The van der Waals surface area contributed by atoms with Crippen molar-refractivity contribution >= 4 is 17.4 Å². The van der Waals surface area contributed by atoms with Gasteiger partial charge in [-0.15, -0.1) is 0 Å². The van der Waals surface area contributed by atoms with Crippen molar-refractivity contribution < 1.29 is 23.8 Å². The molecule has 1 heterocycles. The van der Waals surface area contributed by atoms with Gasteiger partial charge in [-0.3, -0.25) is 14.5 Å². The molecule has 30 heavy (non-hydrogen) atoms. The molecule has 6 nitrogen and oxygen atoms in total. The number of hydrogen-bond donors (Lipinski definition) is 0. The summed E-state index contributed by atoms with van der Waals surface area (Å²) in [5.74, 6) is 1.74. The molecule has 1 aliphatic heterocycles. The van der Waals surface area contributed by atoms with Crippen LogP contribution in [-0.4, -0.2) is 33.0 Å². The maximum absolute atomic E-state index is 13.3. The van der Waals surface area contributed by atoms with Crippen LogP contribution in [0.4, 0.5) is 5.69 Å². The molecule has 6 heteroatoms. The maximum atomic E-state index is 13.3. The number of ether oxygens (including phenoxy) is 3. The van der Waals surface area contributed by atoms with Crippen molar-refractivity contribution in [2.75, 3.05) is 26.2 Å². The van der Waals surface area contributed by atoms with Crippen LogP contribution in [0, 0.1) is 0 Å². The van der Waals surface area contributed by atoms with Gasteiger partial charge in [0.1, 0.15) is 17.2 Å². The number of hydrogen-bond acceptors (Lipinski definition) is 5. The Hall–Kier alpha value is -3.28. The lowest BCUT2D eigenvalue weighted by Gasteiger charge is -2.38. The molecule has 0 saturated carbocycles. The Balaban J connectivity index is 1.85. The highest BCUT2D eigenvalue weighted by Gasteiger charge is 2.40. The van der Waals surface area contributed by atoms with Gasteiger partial charge in [-0.2, -0.15) is 0 Å². The van der Waals surface area contributed by atoms with E-state index >= 15 is 0 Å². The molecular formula is C24H25NO5. The maximum Gasteiger partial charge on any atom is 0.232 e. The summed E-state index contributed by atoms with van der Waals surface area (Å²) in [5, 5.41) is 0. The highest BCUT2D eigenvalue weighted by atomic mass is 16.5. The molecule has 0 radical (unpaired) electrons. The molecule has 4 rings (SSSR count). The Labute approximate surface area is 176 Å².